The Bertz CT molecular complexity index is 384. The number of carboxylic acid groups (broad SMARTS) is 2. The maximum Gasteiger partial charge on any atom is 0.456 e. The molecule has 0 fully saturated rings. The molecule has 4 nitrogen and oxygen atoms in total. The summed E-state index contributed by atoms with van der Waals surface area (Å²) in [5.41, 5.74) is -4.80. The molecule has 0 rings (SSSR count). The van der Waals surface area contributed by atoms with Gasteiger partial charge in [-0.05, 0) is 12.8 Å². The first-order valence-electron chi connectivity index (χ1n) is 5.87. The number of rotatable bonds is 7. The van der Waals surface area contributed by atoms with Crippen LogP contribution in [0.3, 0.4) is 0 Å². The second kappa shape index (κ2) is 6.10. The molecule has 0 aliphatic heterocycles. The van der Waals surface area contributed by atoms with Gasteiger partial charge in [-0.2, -0.15) is 22.0 Å². The van der Waals surface area contributed by atoms with Gasteiger partial charge in [-0.25, -0.2) is 4.39 Å². The molecule has 0 aliphatic carbocycles. The average Bonchev–Trinajstić information content (AvgIpc) is 2.27. The molecule has 21 heavy (non-hydrogen) atoms. The van der Waals surface area contributed by atoms with Gasteiger partial charge >= 0.3 is 24.0 Å². The van der Waals surface area contributed by atoms with Gasteiger partial charge in [0.1, 0.15) is 0 Å². The van der Waals surface area contributed by atoms with Crippen molar-refractivity contribution in [2.75, 3.05) is 0 Å². The largest absolute Gasteiger partial charge is 0.481 e. The van der Waals surface area contributed by atoms with Crippen LogP contribution in [0.15, 0.2) is 0 Å². The van der Waals surface area contributed by atoms with Gasteiger partial charge in [-0.3, -0.25) is 9.59 Å². The van der Waals surface area contributed by atoms with Crippen LogP contribution in [0, 0.1) is 11.8 Å². The number of carboxylic acids is 2. The van der Waals surface area contributed by atoms with Gasteiger partial charge in [-0.15, -0.1) is 0 Å². The van der Waals surface area contributed by atoms with Gasteiger partial charge in [0.05, 0.1) is 11.8 Å². The highest BCUT2D eigenvalue weighted by molar-refractivity contribution is 5.77. The summed E-state index contributed by atoms with van der Waals surface area (Å²) in [4.78, 5) is 21.7. The predicted octanol–water partition coefficient (Wildman–Crippen LogP) is 3.11. The van der Waals surface area contributed by atoms with Crippen molar-refractivity contribution in [3.63, 3.8) is 0 Å². The first-order chi connectivity index (χ1) is 9.28. The van der Waals surface area contributed by atoms with Crippen LogP contribution < -0.4 is 0 Å². The molecule has 0 aromatic rings. The van der Waals surface area contributed by atoms with E-state index in [1.54, 1.807) is 0 Å². The third kappa shape index (κ3) is 3.08. The van der Waals surface area contributed by atoms with E-state index in [4.69, 9.17) is 10.2 Å². The van der Waals surface area contributed by atoms with Crippen molar-refractivity contribution >= 4 is 11.9 Å². The molecule has 0 aromatic carbocycles. The summed E-state index contributed by atoms with van der Waals surface area (Å²) < 4.78 is 79.2. The van der Waals surface area contributed by atoms with E-state index in [2.05, 4.69) is 0 Å². The van der Waals surface area contributed by atoms with E-state index in [9.17, 15) is 35.9 Å². The Morgan fingerprint density at radius 1 is 0.857 bits per heavy atom. The van der Waals surface area contributed by atoms with Crippen LogP contribution in [0.4, 0.5) is 26.3 Å². The Morgan fingerprint density at radius 3 is 1.29 bits per heavy atom. The topological polar surface area (TPSA) is 74.6 Å². The molecular formula is C11H14F6O4. The molecule has 2 atom stereocenters. The molecule has 10 heteroatoms. The SMILES string of the molecule is CCC(C(=O)O)C(F)(C(CC)C(=O)O)C(F)(F)C(F)(F)F. The number of hydrogen-bond donors (Lipinski definition) is 2. The summed E-state index contributed by atoms with van der Waals surface area (Å²) in [5, 5.41) is 17.5. The zero-order valence-corrected chi connectivity index (χ0v) is 11.0. The van der Waals surface area contributed by atoms with E-state index in [0.717, 1.165) is 13.8 Å². The lowest BCUT2D eigenvalue weighted by atomic mass is 9.71. The molecule has 0 aromatic heterocycles. The zero-order chi connectivity index (χ0) is 17.2. The standard InChI is InChI=1S/C11H14F6O4/c1-3-5(7(18)19)9(12,6(4-2)8(20)21)10(13,14)11(15,16)17/h5-6H,3-4H2,1-2H3,(H,18,19)(H,20,21). The van der Waals surface area contributed by atoms with Crippen molar-refractivity contribution in [1.29, 1.82) is 0 Å². The van der Waals surface area contributed by atoms with Crippen LogP contribution in [0.1, 0.15) is 26.7 Å². The zero-order valence-electron chi connectivity index (χ0n) is 11.0. The monoisotopic (exact) mass is 324 g/mol. The van der Waals surface area contributed by atoms with Crippen LogP contribution in [0.2, 0.25) is 0 Å². The molecule has 0 bridgehead atoms. The summed E-state index contributed by atoms with van der Waals surface area (Å²) in [6.45, 7) is 1.77. The minimum atomic E-state index is -6.42. The van der Waals surface area contributed by atoms with Crippen LogP contribution in [-0.2, 0) is 9.59 Å². The molecule has 0 amide bonds. The van der Waals surface area contributed by atoms with E-state index < -0.39 is 54.4 Å². The van der Waals surface area contributed by atoms with Gasteiger partial charge < -0.3 is 10.2 Å². The van der Waals surface area contributed by atoms with Gasteiger partial charge in [0.25, 0.3) is 0 Å². The van der Waals surface area contributed by atoms with Crippen LogP contribution in [-0.4, -0.2) is 39.9 Å². The molecule has 0 saturated carbocycles. The number of halogens is 6. The van der Waals surface area contributed by atoms with Crippen molar-refractivity contribution in [3.8, 4) is 0 Å². The normalized spacial score (nSPS) is 18.7. The molecule has 0 spiro atoms. The second-order valence-electron chi connectivity index (χ2n) is 4.44. The molecule has 0 saturated heterocycles. The molecule has 0 aliphatic rings. The molecular weight excluding hydrogens is 310 g/mol. The lowest BCUT2D eigenvalue weighted by Crippen LogP contribution is -2.64. The molecule has 0 heterocycles. The van der Waals surface area contributed by atoms with Gasteiger partial charge in [0.15, 0.2) is 0 Å². The first kappa shape index (κ1) is 19.5. The van der Waals surface area contributed by atoms with E-state index >= 15 is 0 Å². The van der Waals surface area contributed by atoms with E-state index in [0.29, 0.717) is 0 Å². The van der Waals surface area contributed by atoms with Gasteiger partial charge in [-0.1, -0.05) is 13.8 Å². The number of aliphatic carboxylic acids is 2. The third-order valence-corrected chi connectivity index (χ3v) is 3.26. The minimum Gasteiger partial charge on any atom is -0.481 e. The number of alkyl halides is 6. The quantitative estimate of drug-likeness (QED) is 0.706. The number of hydrogen-bond acceptors (Lipinski definition) is 2. The lowest BCUT2D eigenvalue weighted by molar-refractivity contribution is -0.343. The third-order valence-electron chi connectivity index (χ3n) is 3.26. The smallest absolute Gasteiger partial charge is 0.456 e. The Balaban J connectivity index is 6.37. The van der Waals surface area contributed by atoms with Crippen LogP contribution in [0.5, 0.6) is 0 Å². The second-order valence-corrected chi connectivity index (χ2v) is 4.44. The van der Waals surface area contributed by atoms with Crippen molar-refractivity contribution in [1.82, 2.24) is 0 Å². The molecule has 124 valence electrons. The summed E-state index contributed by atoms with van der Waals surface area (Å²) in [6, 6.07) is 0. The average molecular weight is 324 g/mol. The van der Waals surface area contributed by atoms with Gasteiger partial charge in [0.2, 0.25) is 5.67 Å². The van der Waals surface area contributed by atoms with Crippen LogP contribution >= 0.6 is 0 Å². The first-order valence-corrected chi connectivity index (χ1v) is 5.87. The Labute approximate surface area is 115 Å². The van der Waals surface area contributed by atoms with E-state index in [1.165, 1.54) is 0 Å². The summed E-state index contributed by atoms with van der Waals surface area (Å²) in [5.74, 6) is -16.3. The predicted molar refractivity (Wildman–Crippen MR) is 57.7 cm³/mol. The summed E-state index contributed by atoms with van der Waals surface area (Å²) in [7, 11) is 0. The number of carbonyl (C=O) groups is 2. The summed E-state index contributed by atoms with van der Waals surface area (Å²) in [6.07, 6.45) is -8.28. The Morgan fingerprint density at radius 2 is 1.14 bits per heavy atom. The van der Waals surface area contributed by atoms with E-state index in [-0.39, 0.29) is 0 Å². The maximum atomic E-state index is 14.7. The highest BCUT2D eigenvalue weighted by Crippen LogP contribution is 2.54. The van der Waals surface area contributed by atoms with Crippen LogP contribution in [0.25, 0.3) is 0 Å². The summed E-state index contributed by atoms with van der Waals surface area (Å²) >= 11 is 0. The fourth-order valence-corrected chi connectivity index (χ4v) is 2.20. The molecule has 2 N–H and O–H groups in total. The minimum absolute atomic E-state index is 0.883. The fraction of sp³-hybridized carbons (Fsp3) is 0.818. The van der Waals surface area contributed by atoms with Crippen molar-refractivity contribution < 1.29 is 46.1 Å². The maximum absolute atomic E-state index is 14.7. The molecule has 0 radical (unpaired) electrons. The van der Waals surface area contributed by atoms with Crippen molar-refractivity contribution in [2.45, 2.75) is 44.5 Å². The highest BCUT2D eigenvalue weighted by Gasteiger charge is 2.77. The van der Waals surface area contributed by atoms with Crippen molar-refractivity contribution in [3.05, 3.63) is 0 Å². The van der Waals surface area contributed by atoms with Crippen molar-refractivity contribution in [2.24, 2.45) is 11.8 Å². The lowest BCUT2D eigenvalue weighted by Gasteiger charge is -2.41. The Kier molecular flexibility index (Phi) is 5.67. The highest BCUT2D eigenvalue weighted by atomic mass is 19.4. The van der Waals surface area contributed by atoms with E-state index in [1.807, 2.05) is 0 Å². The fourth-order valence-electron chi connectivity index (χ4n) is 2.20. The Hall–Kier alpha value is -1.48. The van der Waals surface area contributed by atoms with Gasteiger partial charge in [0, 0.05) is 0 Å². The molecule has 2 unspecified atom stereocenters.